The Balaban J connectivity index is 1.67. The van der Waals surface area contributed by atoms with Gasteiger partial charge in [-0.15, -0.1) is 11.3 Å². The molecule has 0 bridgehead atoms. The number of allylic oxidation sites excluding steroid dienone is 1. The van der Waals surface area contributed by atoms with Gasteiger partial charge in [0.05, 0.1) is 22.3 Å². The zero-order valence-electron chi connectivity index (χ0n) is 15.7. The smallest absolute Gasteiger partial charge is 0.189 e. The first-order valence-corrected chi connectivity index (χ1v) is 9.95. The van der Waals surface area contributed by atoms with Crippen molar-refractivity contribution in [1.29, 1.82) is 0 Å². The molecule has 0 spiro atoms. The molecule has 0 saturated heterocycles. The maximum absolute atomic E-state index is 12.6. The van der Waals surface area contributed by atoms with Gasteiger partial charge in [0.15, 0.2) is 5.78 Å². The summed E-state index contributed by atoms with van der Waals surface area (Å²) in [7, 11) is 0. The van der Waals surface area contributed by atoms with Gasteiger partial charge < -0.3 is 0 Å². The van der Waals surface area contributed by atoms with E-state index < -0.39 is 0 Å². The van der Waals surface area contributed by atoms with Crippen molar-refractivity contribution >= 4 is 23.2 Å². The Labute approximate surface area is 167 Å². The lowest BCUT2D eigenvalue weighted by molar-refractivity contribution is 0.104. The minimum Gasteiger partial charge on any atom is -0.289 e. The molecule has 0 atom stereocenters. The molecular formula is C22H20N4OS. The molecule has 0 amide bonds. The average Bonchev–Trinajstić information content (AvgIpc) is 3.47. The first-order valence-electron chi connectivity index (χ1n) is 9.07. The zero-order valence-corrected chi connectivity index (χ0v) is 16.5. The molecule has 3 aromatic heterocycles. The highest BCUT2D eigenvalue weighted by Gasteiger charge is 2.13. The fourth-order valence-electron chi connectivity index (χ4n) is 2.84. The number of para-hydroxylation sites is 1. The summed E-state index contributed by atoms with van der Waals surface area (Å²) < 4.78 is 3.63. The number of rotatable bonds is 6. The number of thiophene rings is 1. The summed E-state index contributed by atoms with van der Waals surface area (Å²) in [6.07, 6.45) is 8.76. The Morgan fingerprint density at radius 1 is 1.11 bits per heavy atom. The molecule has 140 valence electrons. The van der Waals surface area contributed by atoms with Crippen LogP contribution in [0.3, 0.4) is 0 Å². The van der Waals surface area contributed by atoms with E-state index in [4.69, 9.17) is 5.10 Å². The van der Waals surface area contributed by atoms with Crippen molar-refractivity contribution in [3.05, 3.63) is 83.6 Å². The van der Waals surface area contributed by atoms with E-state index in [2.05, 4.69) is 5.10 Å². The van der Waals surface area contributed by atoms with Crippen LogP contribution in [0.25, 0.3) is 22.3 Å². The van der Waals surface area contributed by atoms with Crippen molar-refractivity contribution in [3.8, 4) is 16.3 Å². The minimum absolute atomic E-state index is 0.0727. The predicted molar refractivity (Wildman–Crippen MR) is 113 cm³/mol. The molecule has 1 aromatic carbocycles. The number of carbonyl (C=O) groups is 1. The lowest BCUT2D eigenvalue weighted by Gasteiger charge is -2.02. The van der Waals surface area contributed by atoms with Crippen LogP contribution < -0.4 is 0 Å². The standard InChI is InChI=1S/C22H20N4OS/c1-16(2)25-15-18(13-23-25)20(27)11-10-17-14-26(19-7-4-3-5-8-19)24-22(17)21-9-6-12-28-21/h3-16H,1-2H3. The van der Waals surface area contributed by atoms with Gasteiger partial charge in [-0.3, -0.25) is 9.48 Å². The van der Waals surface area contributed by atoms with Gasteiger partial charge in [0, 0.05) is 24.0 Å². The summed E-state index contributed by atoms with van der Waals surface area (Å²) in [4.78, 5) is 13.6. The number of benzene rings is 1. The van der Waals surface area contributed by atoms with Gasteiger partial charge in [-0.25, -0.2) is 4.68 Å². The number of nitrogens with zero attached hydrogens (tertiary/aromatic N) is 4. The first-order chi connectivity index (χ1) is 13.6. The maximum atomic E-state index is 12.6. The number of carbonyl (C=O) groups excluding carboxylic acids is 1. The number of hydrogen-bond acceptors (Lipinski definition) is 4. The molecule has 0 unspecified atom stereocenters. The normalized spacial score (nSPS) is 11.5. The maximum Gasteiger partial charge on any atom is 0.189 e. The van der Waals surface area contributed by atoms with E-state index >= 15 is 0 Å². The fraction of sp³-hybridized carbons (Fsp3) is 0.136. The Morgan fingerprint density at radius 2 is 1.93 bits per heavy atom. The second kappa shape index (κ2) is 7.78. The molecule has 6 heteroatoms. The van der Waals surface area contributed by atoms with Gasteiger partial charge in [-0.2, -0.15) is 10.2 Å². The first kappa shape index (κ1) is 18.1. The van der Waals surface area contributed by atoms with E-state index in [-0.39, 0.29) is 11.8 Å². The van der Waals surface area contributed by atoms with Crippen LogP contribution in [0.1, 0.15) is 35.8 Å². The lowest BCUT2D eigenvalue weighted by Crippen LogP contribution is -2.00. The Morgan fingerprint density at radius 3 is 2.61 bits per heavy atom. The van der Waals surface area contributed by atoms with E-state index in [1.807, 2.05) is 78.6 Å². The largest absolute Gasteiger partial charge is 0.289 e. The van der Waals surface area contributed by atoms with Gasteiger partial charge in [0.1, 0.15) is 5.69 Å². The van der Waals surface area contributed by atoms with E-state index in [9.17, 15) is 4.79 Å². The molecule has 28 heavy (non-hydrogen) atoms. The Bertz CT molecular complexity index is 1100. The summed E-state index contributed by atoms with van der Waals surface area (Å²) >= 11 is 1.63. The van der Waals surface area contributed by atoms with E-state index in [1.54, 1.807) is 34.5 Å². The van der Waals surface area contributed by atoms with Gasteiger partial charge in [-0.1, -0.05) is 24.3 Å². The lowest BCUT2D eigenvalue weighted by atomic mass is 10.1. The summed E-state index contributed by atoms with van der Waals surface area (Å²) in [5, 5.41) is 11.0. The highest BCUT2D eigenvalue weighted by molar-refractivity contribution is 7.13. The number of ketones is 1. The van der Waals surface area contributed by atoms with Gasteiger partial charge in [-0.05, 0) is 49.6 Å². The Hall–Kier alpha value is -3.25. The number of hydrogen-bond donors (Lipinski definition) is 0. The van der Waals surface area contributed by atoms with Gasteiger partial charge in [0.25, 0.3) is 0 Å². The van der Waals surface area contributed by atoms with Crippen LogP contribution in [0.4, 0.5) is 0 Å². The molecule has 0 aliphatic rings. The van der Waals surface area contributed by atoms with Crippen molar-refractivity contribution in [3.63, 3.8) is 0 Å². The van der Waals surface area contributed by atoms with E-state index in [0.717, 1.165) is 21.8 Å². The third kappa shape index (κ3) is 3.73. The van der Waals surface area contributed by atoms with Gasteiger partial charge in [0.2, 0.25) is 0 Å². The van der Waals surface area contributed by atoms with Crippen LogP contribution in [0.2, 0.25) is 0 Å². The molecule has 3 heterocycles. The SMILES string of the molecule is CC(C)n1cc(C(=O)C=Cc2cn(-c3ccccc3)nc2-c2cccs2)cn1. The van der Waals surface area contributed by atoms with Crippen LogP contribution >= 0.6 is 11.3 Å². The molecule has 0 aliphatic heterocycles. The monoisotopic (exact) mass is 388 g/mol. The molecule has 0 saturated carbocycles. The number of aromatic nitrogens is 4. The molecule has 4 aromatic rings. The quantitative estimate of drug-likeness (QED) is 0.334. The molecule has 5 nitrogen and oxygen atoms in total. The third-order valence-electron chi connectivity index (χ3n) is 4.35. The molecule has 0 fully saturated rings. The second-order valence-electron chi connectivity index (χ2n) is 6.69. The topological polar surface area (TPSA) is 52.7 Å². The Kier molecular flexibility index (Phi) is 5.04. The van der Waals surface area contributed by atoms with Crippen molar-refractivity contribution in [1.82, 2.24) is 19.6 Å². The molecule has 0 N–H and O–H groups in total. The predicted octanol–water partition coefficient (Wildman–Crippen LogP) is 5.27. The van der Waals surface area contributed by atoms with Crippen molar-refractivity contribution in [2.75, 3.05) is 0 Å². The average molecular weight is 388 g/mol. The second-order valence-corrected chi connectivity index (χ2v) is 7.64. The van der Waals surface area contributed by atoms with Crippen LogP contribution in [-0.2, 0) is 0 Å². The highest BCUT2D eigenvalue weighted by atomic mass is 32.1. The van der Waals surface area contributed by atoms with Gasteiger partial charge >= 0.3 is 0 Å². The highest BCUT2D eigenvalue weighted by Crippen LogP contribution is 2.28. The van der Waals surface area contributed by atoms with Crippen molar-refractivity contribution in [2.24, 2.45) is 0 Å². The van der Waals surface area contributed by atoms with E-state index in [1.165, 1.54) is 0 Å². The molecule has 4 rings (SSSR count). The van der Waals surface area contributed by atoms with Crippen LogP contribution in [0, 0.1) is 0 Å². The minimum atomic E-state index is -0.0727. The van der Waals surface area contributed by atoms with Crippen molar-refractivity contribution in [2.45, 2.75) is 19.9 Å². The zero-order chi connectivity index (χ0) is 19.5. The van der Waals surface area contributed by atoms with Crippen LogP contribution in [0.5, 0.6) is 0 Å². The summed E-state index contributed by atoms with van der Waals surface area (Å²) in [5.41, 5.74) is 3.32. The summed E-state index contributed by atoms with van der Waals surface area (Å²) in [5.74, 6) is -0.0727. The summed E-state index contributed by atoms with van der Waals surface area (Å²) in [6, 6.07) is 14.2. The molecular weight excluding hydrogens is 368 g/mol. The van der Waals surface area contributed by atoms with Crippen molar-refractivity contribution < 1.29 is 4.79 Å². The van der Waals surface area contributed by atoms with Crippen LogP contribution in [-0.4, -0.2) is 25.3 Å². The van der Waals surface area contributed by atoms with E-state index in [0.29, 0.717) is 5.56 Å². The molecule has 0 aliphatic carbocycles. The fourth-order valence-corrected chi connectivity index (χ4v) is 3.57. The molecule has 0 radical (unpaired) electrons. The summed E-state index contributed by atoms with van der Waals surface area (Å²) in [6.45, 7) is 4.06. The van der Waals surface area contributed by atoms with Crippen LogP contribution in [0.15, 0.2) is 72.5 Å². The third-order valence-corrected chi connectivity index (χ3v) is 5.22.